The van der Waals surface area contributed by atoms with Crippen molar-refractivity contribution in [2.45, 2.75) is 12.1 Å². The quantitative estimate of drug-likeness (QED) is 0.528. The van der Waals surface area contributed by atoms with E-state index in [0.717, 1.165) is 17.8 Å². The van der Waals surface area contributed by atoms with Gasteiger partial charge in [-0.05, 0) is 53.6 Å². The monoisotopic (exact) mass is 469 g/mol. The SMILES string of the molecule is N#Cc1ccc(N2CCN(C[C@H](O)c3ccc(F)cc3)C[C@H]2c2ccc(Cl)cc2)c(Cl)c1. The summed E-state index contributed by atoms with van der Waals surface area (Å²) in [4.78, 5) is 4.43. The largest absolute Gasteiger partial charge is 0.387 e. The van der Waals surface area contributed by atoms with Crippen molar-refractivity contribution in [1.29, 1.82) is 5.26 Å². The molecule has 0 aliphatic carbocycles. The Morgan fingerprint density at radius 1 is 1.03 bits per heavy atom. The standard InChI is InChI=1S/C25H22Cl2FN3O/c26-20-6-2-18(3-7-20)24-15-30(16-25(32)19-4-8-21(28)9-5-19)11-12-31(24)23-10-1-17(14-29)13-22(23)27/h1-10,13,24-25,32H,11-12,15-16H2/t24-,25-/m0/s1. The van der Waals surface area contributed by atoms with Gasteiger partial charge in [-0.2, -0.15) is 5.26 Å². The lowest BCUT2D eigenvalue weighted by atomic mass is 10.00. The van der Waals surface area contributed by atoms with Crippen molar-refractivity contribution in [2.75, 3.05) is 31.1 Å². The molecule has 0 unspecified atom stereocenters. The average molecular weight is 470 g/mol. The van der Waals surface area contributed by atoms with Gasteiger partial charge in [0.15, 0.2) is 0 Å². The maximum absolute atomic E-state index is 13.2. The van der Waals surface area contributed by atoms with Crippen molar-refractivity contribution in [3.8, 4) is 6.07 Å². The van der Waals surface area contributed by atoms with Crippen LogP contribution in [0.4, 0.5) is 10.1 Å². The fourth-order valence-corrected chi connectivity index (χ4v) is 4.52. The summed E-state index contributed by atoms with van der Waals surface area (Å²) in [6.45, 7) is 2.51. The summed E-state index contributed by atoms with van der Waals surface area (Å²) in [5.74, 6) is -0.323. The van der Waals surface area contributed by atoms with Gasteiger partial charge in [-0.1, -0.05) is 47.5 Å². The van der Waals surface area contributed by atoms with Crippen LogP contribution in [0.25, 0.3) is 0 Å². The zero-order valence-corrected chi connectivity index (χ0v) is 18.8. The predicted octanol–water partition coefficient (Wildman–Crippen LogP) is 5.60. The van der Waals surface area contributed by atoms with E-state index in [-0.39, 0.29) is 11.9 Å². The van der Waals surface area contributed by atoms with Crippen LogP contribution < -0.4 is 4.90 Å². The number of anilines is 1. The molecule has 0 amide bonds. The number of aliphatic hydroxyl groups excluding tert-OH is 1. The van der Waals surface area contributed by atoms with Gasteiger partial charge in [-0.15, -0.1) is 0 Å². The normalized spacial score (nSPS) is 17.7. The van der Waals surface area contributed by atoms with Gasteiger partial charge in [-0.3, -0.25) is 4.90 Å². The van der Waals surface area contributed by atoms with Crippen LogP contribution in [-0.2, 0) is 0 Å². The Kier molecular flexibility index (Phi) is 6.98. The highest BCUT2D eigenvalue weighted by atomic mass is 35.5. The number of halogens is 3. The van der Waals surface area contributed by atoms with E-state index in [9.17, 15) is 9.50 Å². The van der Waals surface area contributed by atoms with Crippen molar-refractivity contribution in [1.82, 2.24) is 4.90 Å². The van der Waals surface area contributed by atoms with Gasteiger partial charge >= 0.3 is 0 Å². The molecule has 0 saturated carbocycles. The van der Waals surface area contributed by atoms with E-state index in [0.29, 0.717) is 40.8 Å². The minimum Gasteiger partial charge on any atom is -0.387 e. The molecule has 0 aromatic heterocycles. The Hall–Kier alpha value is -2.62. The molecular formula is C25H22Cl2FN3O. The average Bonchev–Trinajstić information content (AvgIpc) is 2.80. The first-order chi connectivity index (χ1) is 15.4. The highest BCUT2D eigenvalue weighted by Gasteiger charge is 2.30. The van der Waals surface area contributed by atoms with E-state index in [2.05, 4.69) is 15.9 Å². The third-order valence-electron chi connectivity index (χ3n) is 5.79. The zero-order chi connectivity index (χ0) is 22.7. The minimum absolute atomic E-state index is 0.0214. The molecule has 1 saturated heterocycles. The second kappa shape index (κ2) is 9.89. The summed E-state index contributed by atoms with van der Waals surface area (Å²) < 4.78 is 13.2. The van der Waals surface area contributed by atoms with E-state index in [4.69, 9.17) is 28.5 Å². The Labute approximate surface area is 197 Å². The highest BCUT2D eigenvalue weighted by molar-refractivity contribution is 6.33. The number of β-amino-alcohol motifs (C(OH)–C–C–N with tert-alkyl or cyclic N) is 1. The van der Waals surface area contributed by atoms with Gasteiger partial charge in [0, 0.05) is 31.2 Å². The van der Waals surface area contributed by atoms with E-state index >= 15 is 0 Å². The Morgan fingerprint density at radius 3 is 2.41 bits per heavy atom. The van der Waals surface area contributed by atoms with Crippen LogP contribution in [0.15, 0.2) is 66.7 Å². The molecule has 0 bridgehead atoms. The summed E-state index contributed by atoms with van der Waals surface area (Å²) in [7, 11) is 0. The molecule has 3 aromatic carbocycles. The molecule has 1 aliphatic heterocycles. The minimum atomic E-state index is -0.716. The molecule has 164 valence electrons. The number of aliphatic hydroxyl groups is 1. The van der Waals surface area contributed by atoms with E-state index in [1.807, 2.05) is 30.3 Å². The summed E-state index contributed by atoms with van der Waals surface area (Å²) in [5.41, 5.74) is 3.15. The van der Waals surface area contributed by atoms with Crippen LogP contribution >= 0.6 is 23.2 Å². The second-order valence-electron chi connectivity index (χ2n) is 7.87. The lowest BCUT2D eigenvalue weighted by Crippen LogP contribution is -2.49. The van der Waals surface area contributed by atoms with Gasteiger partial charge in [-0.25, -0.2) is 4.39 Å². The topological polar surface area (TPSA) is 50.5 Å². The first-order valence-corrected chi connectivity index (χ1v) is 11.1. The molecule has 1 fully saturated rings. The van der Waals surface area contributed by atoms with Crippen molar-refractivity contribution >= 4 is 28.9 Å². The van der Waals surface area contributed by atoms with Crippen LogP contribution in [0.5, 0.6) is 0 Å². The summed E-state index contributed by atoms with van der Waals surface area (Å²) in [6, 6.07) is 21.1. The smallest absolute Gasteiger partial charge is 0.123 e. The van der Waals surface area contributed by atoms with Crippen LogP contribution in [0, 0.1) is 17.1 Å². The van der Waals surface area contributed by atoms with Crippen LogP contribution in [0.3, 0.4) is 0 Å². The van der Waals surface area contributed by atoms with E-state index in [1.165, 1.54) is 12.1 Å². The molecular weight excluding hydrogens is 448 g/mol. The molecule has 2 atom stereocenters. The highest BCUT2D eigenvalue weighted by Crippen LogP contribution is 2.36. The number of nitrogens with zero attached hydrogens (tertiary/aromatic N) is 3. The first-order valence-electron chi connectivity index (χ1n) is 10.3. The molecule has 3 aromatic rings. The summed E-state index contributed by atoms with van der Waals surface area (Å²) in [5, 5.41) is 21.0. The van der Waals surface area contributed by atoms with Crippen molar-refractivity contribution in [3.63, 3.8) is 0 Å². The number of hydrogen-bond donors (Lipinski definition) is 1. The second-order valence-corrected chi connectivity index (χ2v) is 8.71. The van der Waals surface area contributed by atoms with Gasteiger partial charge in [0.2, 0.25) is 0 Å². The zero-order valence-electron chi connectivity index (χ0n) is 17.3. The maximum Gasteiger partial charge on any atom is 0.123 e. The van der Waals surface area contributed by atoms with Gasteiger partial charge in [0.05, 0.1) is 34.5 Å². The molecule has 4 rings (SSSR count). The molecule has 0 spiro atoms. The summed E-state index contributed by atoms with van der Waals surface area (Å²) >= 11 is 12.6. The summed E-state index contributed by atoms with van der Waals surface area (Å²) in [6.07, 6.45) is -0.716. The lowest BCUT2D eigenvalue weighted by Gasteiger charge is -2.44. The molecule has 7 heteroatoms. The Morgan fingerprint density at radius 2 is 1.75 bits per heavy atom. The van der Waals surface area contributed by atoms with E-state index in [1.54, 1.807) is 24.3 Å². The third-order valence-corrected chi connectivity index (χ3v) is 6.35. The van der Waals surface area contributed by atoms with Crippen LogP contribution in [0.1, 0.15) is 28.8 Å². The van der Waals surface area contributed by atoms with Crippen LogP contribution in [0.2, 0.25) is 10.0 Å². The molecule has 4 nitrogen and oxygen atoms in total. The molecule has 32 heavy (non-hydrogen) atoms. The Balaban J connectivity index is 1.58. The van der Waals surface area contributed by atoms with Crippen molar-refractivity contribution < 1.29 is 9.50 Å². The number of piperazine rings is 1. The number of nitriles is 1. The van der Waals surface area contributed by atoms with Gasteiger partial charge in [0.25, 0.3) is 0 Å². The van der Waals surface area contributed by atoms with Gasteiger partial charge in [0.1, 0.15) is 5.82 Å². The predicted molar refractivity (Wildman–Crippen MR) is 126 cm³/mol. The maximum atomic E-state index is 13.2. The van der Waals surface area contributed by atoms with E-state index < -0.39 is 6.10 Å². The molecule has 1 aliphatic rings. The van der Waals surface area contributed by atoms with Gasteiger partial charge < -0.3 is 10.0 Å². The first kappa shape index (κ1) is 22.6. The van der Waals surface area contributed by atoms with Crippen molar-refractivity contribution in [3.05, 3.63) is 99.3 Å². The molecule has 1 N–H and O–H groups in total. The fourth-order valence-electron chi connectivity index (χ4n) is 4.11. The third kappa shape index (κ3) is 5.06. The number of benzene rings is 3. The van der Waals surface area contributed by atoms with Crippen molar-refractivity contribution in [2.24, 2.45) is 0 Å². The lowest BCUT2D eigenvalue weighted by molar-refractivity contribution is 0.100. The fraction of sp³-hybridized carbons (Fsp3) is 0.240. The molecule has 1 heterocycles. The molecule has 0 radical (unpaired) electrons. The number of hydrogen-bond acceptors (Lipinski definition) is 4. The number of rotatable bonds is 5. The van der Waals surface area contributed by atoms with Crippen LogP contribution in [-0.4, -0.2) is 36.2 Å². The Bertz CT molecular complexity index is 1120.